The van der Waals surface area contributed by atoms with E-state index in [1.54, 1.807) is 17.8 Å². The second kappa shape index (κ2) is 4.34. The minimum absolute atomic E-state index is 0.859. The maximum atomic E-state index is 5.34. The summed E-state index contributed by atoms with van der Waals surface area (Å²) in [5, 5.41) is 2.57. The number of hydrogen-bond acceptors (Lipinski definition) is 1. The highest BCUT2D eigenvalue weighted by atomic mass is 32.2. The molecule has 0 amide bonds. The molecule has 0 aliphatic carbocycles. The first-order valence-corrected chi connectivity index (χ1v) is 5.54. The molecule has 0 heterocycles. The van der Waals surface area contributed by atoms with Gasteiger partial charge in [0.25, 0.3) is 0 Å². The molecule has 0 unspecified atom stereocenters. The molecule has 2 aromatic rings. The van der Waals surface area contributed by atoms with E-state index in [4.69, 9.17) is 6.58 Å². The summed E-state index contributed by atoms with van der Waals surface area (Å²) in [5.74, 6) is 0.859. The van der Waals surface area contributed by atoms with Crippen LogP contribution in [0.25, 0.3) is 10.8 Å². The van der Waals surface area contributed by atoms with Crippen LogP contribution in [0, 0.1) is 6.58 Å². The number of benzene rings is 2. The van der Waals surface area contributed by atoms with Crippen LogP contribution in [-0.2, 0) is 0 Å². The van der Waals surface area contributed by atoms with Crippen LogP contribution in [0.15, 0.2) is 53.4 Å². The minimum atomic E-state index is 0.859. The van der Waals surface area contributed by atoms with Crippen LogP contribution < -0.4 is 0 Å². The Balaban J connectivity index is 2.36. The zero-order chi connectivity index (χ0) is 9.80. The van der Waals surface area contributed by atoms with Crippen LogP contribution in [0.1, 0.15) is 0 Å². The van der Waals surface area contributed by atoms with E-state index in [-0.39, 0.29) is 0 Å². The third-order valence-corrected chi connectivity index (χ3v) is 3.01. The SMILES string of the molecule is [CH]=CCSc1ccc2ccccc2c1. The summed E-state index contributed by atoms with van der Waals surface area (Å²) in [7, 11) is 0. The van der Waals surface area contributed by atoms with Gasteiger partial charge < -0.3 is 0 Å². The highest BCUT2D eigenvalue weighted by Crippen LogP contribution is 2.23. The van der Waals surface area contributed by atoms with Crippen molar-refractivity contribution < 1.29 is 0 Å². The summed E-state index contributed by atoms with van der Waals surface area (Å²) in [6, 6.07) is 14.9. The minimum Gasteiger partial charge on any atom is -0.122 e. The van der Waals surface area contributed by atoms with Crippen LogP contribution in [0.2, 0.25) is 0 Å². The lowest BCUT2D eigenvalue weighted by molar-refractivity contribution is 1.50. The van der Waals surface area contributed by atoms with Gasteiger partial charge in [0.1, 0.15) is 0 Å². The first kappa shape index (κ1) is 9.35. The summed E-state index contributed by atoms with van der Waals surface area (Å²) in [6.07, 6.45) is 1.68. The Kier molecular flexibility index (Phi) is 2.90. The Morgan fingerprint density at radius 3 is 2.64 bits per heavy atom. The van der Waals surface area contributed by atoms with Crippen molar-refractivity contribution in [1.82, 2.24) is 0 Å². The van der Waals surface area contributed by atoms with Gasteiger partial charge in [-0.05, 0) is 22.9 Å². The maximum absolute atomic E-state index is 5.34. The van der Waals surface area contributed by atoms with Gasteiger partial charge >= 0.3 is 0 Å². The van der Waals surface area contributed by atoms with Crippen molar-refractivity contribution >= 4 is 22.5 Å². The predicted octanol–water partition coefficient (Wildman–Crippen LogP) is 3.92. The Hall–Kier alpha value is -1.21. The van der Waals surface area contributed by atoms with Crippen molar-refractivity contribution in [2.24, 2.45) is 0 Å². The van der Waals surface area contributed by atoms with E-state index >= 15 is 0 Å². The normalized spacial score (nSPS) is 10.3. The van der Waals surface area contributed by atoms with Crippen LogP contribution in [0.4, 0.5) is 0 Å². The average molecular weight is 199 g/mol. The molecule has 0 spiro atoms. The van der Waals surface area contributed by atoms with Crippen LogP contribution >= 0.6 is 11.8 Å². The molecule has 2 rings (SSSR count). The van der Waals surface area contributed by atoms with E-state index < -0.39 is 0 Å². The van der Waals surface area contributed by atoms with Gasteiger partial charge in [0, 0.05) is 10.6 Å². The first-order valence-electron chi connectivity index (χ1n) is 4.55. The molecule has 0 N–H and O–H groups in total. The third-order valence-electron chi connectivity index (χ3n) is 2.07. The average Bonchev–Trinajstić information content (AvgIpc) is 2.26. The molecule has 2 aromatic carbocycles. The fourth-order valence-electron chi connectivity index (χ4n) is 1.40. The molecule has 0 bridgehead atoms. The molecular weight excluding hydrogens is 188 g/mol. The largest absolute Gasteiger partial charge is 0.122 e. The highest BCUT2D eigenvalue weighted by molar-refractivity contribution is 7.99. The van der Waals surface area contributed by atoms with Crippen LogP contribution in [0.5, 0.6) is 0 Å². The molecule has 0 nitrogen and oxygen atoms in total. The van der Waals surface area contributed by atoms with E-state index in [0.29, 0.717) is 0 Å². The van der Waals surface area contributed by atoms with Crippen LogP contribution in [-0.4, -0.2) is 5.75 Å². The predicted molar refractivity (Wildman–Crippen MR) is 63.5 cm³/mol. The van der Waals surface area contributed by atoms with Gasteiger partial charge in [0.05, 0.1) is 0 Å². The lowest BCUT2D eigenvalue weighted by Gasteiger charge is -2.01. The molecule has 1 radical (unpaired) electrons. The quantitative estimate of drug-likeness (QED) is 0.675. The Bertz CT molecular complexity index is 446. The van der Waals surface area contributed by atoms with E-state index in [2.05, 4.69) is 42.5 Å². The summed E-state index contributed by atoms with van der Waals surface area (Å²) >= 11 is 1.75. The molecule has 69 valence electrons. The van der Waals surface area contributed by atoms with Crippen LogP contribution in [0.3, 0.4) is 0 Å². The number of thioether (sulfide) groups is 1. The second-order valence-corrected chi connectivity index (χ2v) is 4.15. The highest BCUT2D eigenvalue weighted by Gasteiger charge is 1.94. The van der Waals surface area contributed by atoms with Gasteiger partial charge in [0.15, 0.2) is 0 Å². The molecule has 0 atom stereocenters. The lowest BCUT2D eigenvalue weighted by atomic mass is 10.1. The van der Waals surface area contributed by atoms with Gasteiger partial charge in [-0.2, -0.15) is 0 Å². The summed E-state index contributed by atoms with van der Waals surface area (Å²) in [4.78, 5) is 1.27. The fraction of sp³-hybridized carbons (Fsp3) is 0.0769. The van der Waals surface area contributed by atoms with E-state index in [0.717, 1.165) is 5.75 Å². The molecule has 0 saturated carbocycles. The van der Waals surface area contributed by atoms with Gasteiger partial charge in [-0.3, -0.25) is 0 Å². The molecule has 0 saturated heterocycles. The van der Waals surface area contributed by atoms with Crippen molar-refractivity contribution in [2.75, 3.05) is 5.75 Å². The molecule has 0 fully saturated rings. The second-order valence-electron chi connectivity index (χ2n) is 3.06. The van der Waals surface area contributed by atoms with E-state index in [9.17, 15) is 0 Å². The molecule has 0 aliphatic heterocycles. The van der Waals surface area contributed by atoms with Crippen molar-refractivity contribution in [3.05, 3.63) is 55.1 Å². The third kappa shape index (κ3) is 1.99. The van der Waals surface area contributed by atoms with Gasteiger partial charge in [-0.15, -0.1) is 11.8 Å². The van der Waals surface area contributed by atoms with E-state index in [1.807, 2.05) is 0 Å². The first-order chi connectivity index (χ1) is 6.90. The lowest BCUT2D eigenvalue weighted by Crippen LogP contribution is -1.75. The Morgan fingerprint density at radius 1 is 1.07 bits per heavy atom. The summed E-state index contributed by atoms with van der Waals surface area (Å²) in [6.45, 7) is 5.34. The summed E-state index contributed by atoms with van der Waals surface area (Å²) in [5.41, 5.74) is 0. The van der Waals surface area contributed by atoms with Crippen molar-refractivity contribution in [3.63, 3.8) is 0 Å². The number of fused-ring (bicyclic) bond motifs is 1. The monoisotopic (exact) mass is 199 g/mol. The van der Waals surface area contributed by atoms with Gasteiger partial charge in [0.2, 0.25) is 0 Å². The molecular formula is C13H11S. The molecule has 0 aliphatic rings. The molecule has 0 aromatic heterocycles. The number of hydrogen-bond donors (Lipinski definition) is 0. The molecule has 1 heteroatoms. The standard InChI is InChI=1S/C13H11S/c1-2-9-14-13-8-7-11-5-3-4-6-12(11)10-13/h1-8,10H,9H2. The fourth-order valence-corrected chi connectivity index (χ4v) is 2.06. The number of rotatable bonds is 3. The topological polar surface area (TPSA) is 0 Å². The zero-order valence-electron chi connectivity index (χ0n) is 7.81. The van der Waals surface area contributed by atoms with Crippen molar-refractivity contribution in [3.8, 4) is 0 Å². The summed E-state index contributed by atoms with van der Waals surface area (Å²) < 4.78 is 0. The zero-order valence-corrected chi connectivity index (χ0v) is 8.63. The Labute approximate surface area is 88.6 Å². The van der Waals surface area contributed by atoms with Crippen molar-refractivity contribution in [2.45, 2.75) is 4.90 Å². The van der Waals surface area contributed by atoms with Gasteiger partial charge in [-0.1, -0.05) is 43.0 Å². The molecule has 14 heavy (non-hydrogen) atoms. The van der Waals surface area contributed by atoms with Gasteiger partial charge in [-0.25, -0.2) is 0 Å². The Morgan fingerprint density at radius 2 is 1.86 bits per heavy atom. The van der Waals surface area contributed by atoms with E-state index in [1.165, 1.54) is 15.7 Å². The van der Waals surface area contributed by atoms with Crippen molar-refractivity contribution in [1.29, 1.82) is 0 Å². The maximum Gasteiger partial charge on any atom is 0.0163 e. The smallest absolute Gasteiger partial charge is 0.0163 e.